The number of thiophene rings is 1. The van der Waals surface area contributed by atoms with E-state index in [-0.39, 0.29) is 29.3 Å². The fraction of sp³-hybridized carbons (Fsp3) is 0.200. The second kappa shape index (κ2) is 6.41. The van der Waals surface area contributed by atoms with Crippen LogP contribution >= 0.6 is 11.3 Å². The van der Waals surface area contributed by atoms with Crippen molar-refractivity contribution in [1.29, 1.82) is 0 Å². The standard InChI is InChI=1S/C15H15N3OS.BrH/c1-2-17-11-6-3-4-7-12(11)18(15(17)16)10-13(19)14-8-5-9-20-14;/h3-9,16H,2,10H2,1H3;1H. The molecule has 1 aromatic carbocycles. The summed E-state index contributed by atoms with van der Waals surface area (Å²) in [4.78, 5) is 13.1. The summed E-state index contributed by atoms with van der Waals surface area (Å²) in [5.41, 5.74) is 8.26. The number of Topliss-reactive ketones (excluding diaryl/α,β-unsaturated/α-hetero) is 1. The number of nitrogen functional groups attached to an aromatic ring is 1. The smallest absolute Gasteiger partial charge is 0.356 e. The van der Waals surface area contributed by atoms with Crippen LogP contribution in [0.2, 0.25) is 0 Å². The number of halogens is 1. The number of hydrogen-bond acceptors (Lipinski definition) is 3. The molecule has 0 fully saturated rings. The largest absolute Gasteiger partial charge is 1.00 e. The van der Waals surface area contributed by atoms with Crippen LogP contribution in [0.4, 0.5) is 5.95 Å². The molecule has 0 saturated carbocycles. The second-order valence-electron chi connectivity index (χ2n) is 4.58. The maximum Gasteiger partial charge on any atom is 0.356 e. The van der Waals surface area contributed by atoms with E-state index in [2.05, 4.69) is 0 Å². The van der Waals surface area contributed by atoms with E-state index >= 15 is 0 Å². The summed E-state index contributed by atoms with van der Waals surface area (Å²) in [6.45, 7) is 3.11. The van der Waals surface area contributed by atoms with Gasteiger partial charge in [0, 0.05) is 0 Å². The average molecular weight is 366 g/mol. The first kappa shape index (κ1) is 15.7. The molecule has 110 valence electrons. The van der Waals surface area contributed by atoms with Crippen LogP contribution in [0.25, 0.3) is 11.0 Å². The zero-order chi connectivity index (χ0) is 14.1. The molecule has 0 spiro atoms. The van der Waals surface area contributed by atoms with E-state index in [1.807, 2.05) is 57.8 Å². The second-order valence-corrected chi connectivity index (χ2v) is 5.53. The molecule has 21 heavy (non-hydrogen) atoms. The van der Waals surface area contributed by atoms with Crippen LogP contribution in [-0.4, -0.2) is 10.4 Å². The number of ketones is 1. The molecule has 4 nitrogen and oxygen atoms in total. The van der Waals surface area contributed by atoms with Gasteiger partial charge >= 0.3 is 5.95 Å². The highest BCUT2D eigenvalue weighted by molar-refractivity contribution is 7.12. The van der Waals surface area contributed by atoms with Gasteiger partial charge in [-0.15, -0.1) is 11.3 Å². The van der Waals surface area contributed by atoms with Gasteiger partial charge in [-0.05, 0) is 30.5 Å². The third kappa shape index (κ3) is 2.73. The normalized spacial score (nSPS) is 10.5. The molecule has 2 aromatic heterocycles. The minimum absolute atomic E-state index is 0. The lowest BCUT2D eigenvalue weighted by molar-refractivity contribution is -0.642. The lowest BCUT2D eigenvalue weighted by atomic mass is 10.3. The zero-order valence-corrected chi connectivity index (χ0v) is 14.0. The summed E-state index contributed by atoms with van der Waals surface area (Å²) in [7, 11) is 0. The summed E-state index contributed by atoms with van der Waals surface area (Å²) in [6.07, 6.45) is 0. The van der Waals surface area contributed by atoms with Crippen LogP contribution in [0.5, 0.6) is 0 Å². The van der Waals surface area contributed by atoms with Crippen molar-refractivity contribution in [2.75, 3.05) is 5.73 Å². The van der Waals surface area contributed by atoms with Crippen LogP contribution in [-0.2, 0) is 13.1 Å². The van der Waals surface area contributed by atoms with E-state index in [0.29, 0.717) is 5.95 Å². The molecule has 0 unspecified atom stereocenters. The molecule has 0 aliphatic rings. The Bertz CT molecular complexity index is 765. The quantitative estimate of drug-likeness (QED) is 0.499. The maximum absolute atomic E-state index is 12.3. The topological polar surface area (TPSA) is 51.9 Å². The summed E-state index contributed by atoms with van der Waals surface area (Å²) in [6, 6.07) is 11.7. The van der Waals surface area contributed by atoms with Gasteiger partial charge in [-0.1, -0.05) is 18.2 Å². The predicted molar refractivity (Wildman–Crippen MR) is 80.9 cm³/mol. The third-order valence-electron chi connectivity index (χ3n) is 3.43. The van der Waals surface area contributed by atoms with E-state index in [4.69, 9.17) is 5.73 Å². The predicted octanol–water partition coefficient (Wildman–Crippen LogP) is -0.521. The molecular formula is C15H16BrN3OS. The van der Waals surface area contributed by atoms with Gasteiger partial charge in [0.1, 0.15) is 17.6 Å². The molecule has 0 atom stereocenters. The Morgan fingerprint density at radius 2 is 2.05 bits per heavy atom. The molecular weight excluding hydrogens is 350 g/mol. The van der Waals surface area contributed by atoms with Crippen LogP contribution in [0.15, 0.2) is 41.8 Å². The van der Waals surface area contributed by atoms with E-state index in [0.717, 1.165) is 22.5 Å². The first-order valence-corrected chi connectivity index (χ1v) is 7.43. The van der Waals surface area contributed by atoms with Crippen molar-refractivity contribution in [3.8, 4) is 0 Å². The minimum Gasteiger partial charge on any atom is -1.00 e. The summed E-state index contributed by atoms with van der Waals surface area (Å²) < 4.78 is 3.91. The molecule has 0 amide bonds. The van der Waals surface area contributed by atoms with Crippen molar-refractivity contribution in [2.45, 2.75) is 20.0 Å². The Morgan fingerprint density at radius 3 is 2.71 bits per heavy atom. The number of carbonyl (C=O) groups is 1. The van der Waals surface area contributed by atoms with Gasteiger partial charge in [0.05, 0.1) is 11.4 Å². The lowest BCUT2D eigenvalue weighted by Crippen LogP contribution is -3.00. The number of para-hydroxylation sites is 2. The first-order valence-electron chi connectivity index (χ1n) is 6.55. The monoisotopic (exact) mass is 365 g/mol. The van der Waals surface area contributed by atoms with E-state index in [9.17, 15) is 4.79 Å². The van der Waals surface area contributed by atoms with E-state index in [1.54, 1.807) is 0 Å². The fourth-order valence-corrected chi connectivity index (χ4v) is 3.13. The number of fused-ring (bicyclic) bond motifs is 1. The highest BCUT2D eigenvalue weighted by Crippen LogP contribution is 2.17. The zero-order valence-electron chi connectivity index (χ0n) is 11.6. The number of aryl methyl sites for hydroxylation is 1. The van der Waals surface area contributed by atoms with Crippen molar-refractivity contribution in [2.24, 2.45) is 0 Å². The van der Waals surface area contributed by atoms with Gasteiger partial charge in [0.15, 0.2) is 0 Å². The number of imidazole rings is 1. The van der Waals surface area contributed by atoms with Crippen molar-refractivity contribution < 1.29 is 26.3 Å². The molecule has 3 aromatic rings. The number of anilines is 1. The molecule has 0 aliphatic carbocycles. The lowest BCUT2D eigenvalue weighted by Gasteiger charge is -1.99. The number of nitrogens with zero attached hydrogens (tertiary/aromatic N) is 2. The average Bonchev–Trinajstić information content (AvgIpc) is 3.07. The number of nitrogens with two attached hydrogens (primary N) is 1. The third-order valence-corrected chi connectivity index (χ3v) is 4.34. The van der Waals surface area contributed by atoms with E-state index in [1.165, 1.54) is 11.3 Å². The van der Waals surface area contributed by atoms with Gasteiger partial charge in [-0.3, -0.25) is 10.5 Å². The van der Waals surface area contributed by atoms with E-state index < -0.39 is 0 Å². The fourth-order valence-electron chi connectivity index (χ4n) is 2.47. The van der Waals surface area contributed by atoms with Crippen LogP contribution < -0.4 is 27.3 Å². The summed E-state index contributed by atoms with van der Waals surface area (Å²) >= 11 is 1.46. The molecule has 0 aliphatic heterocycles. The molecule has 2 N–H and O–H groups in total. The van der Waals surface area contributed by atoms with Gasteiger partial charge in [-0.2, -0.15) is 0 Å². The van der Waals surface area contributed by atoms with Crippen LogP contribution in [0.1, 0.15) is 16.6 Å². The van der Waals surface area contributed by atoms with Gasteiger partial charge in [0.25, 0.3) is 0 Å². The number of benzene rings is 1. The molecule has 3 rings (SSSR count). The van der Waals surface area contributed by atoms with Crippen molar-refractivity contribution in [3.63, 3.8) is 0 Å². The number of carbonyl (C=O) groups excluding carboxylic acids is 1. The Balaban J connectivity index is 0.00000161. The van der Waals surface area contributed by atoms with Crippen molar-refractivity contribution in [3.05, 3.63) is 46.7 Å². The van der Waals surface area contributed by atoms with Gasteiger partial charge in [0.2, 0.25) is 5.78 Å². The van der Waals surface area contributed by atoms with Crippen molar-refractivity contribution in [1.82, 2.24) is 4.57 Å². The van der Waals surface area contributed by atoms with Crippen molar-refractivity contribution >= 4 is 34.1 Å². The molecule has 0 radical (unpaired) electrons. The van der Waals surface area contributed by atoms with Gasteiger partial charge in [-0.25, -0.2) is 9.13 Å². The molecule has 6 heteroatoms. The Hall–Kier alpha value is -1.66. The number of aromatic nitrogens is 2. The first-order chi connectivity index (χ1) is 9.72. The SMILES string of the molecule is CCn1c(N)[n+](CC(=O)c2cccs2)c2ccccc21.[Br-]. The van der Waals surface area contributed by atoms with Crippen LogP contribution in [0, 0.1) is 0 Å². The van der Waals surface area contributed by atoms with Gasteiger partial charge < -0.3 is 17.0 Å². The summed E-state index contributed by atoms with van der Waals surface area (Å²) in [5, 5.41) is 1.91. The molecule has 0 saturated heterocycles. The Labute approximate surface area is 137 Å². The minimum atomic E-state index is 0. The number of hydrogen-bond donors (Lipinski definition) is 1. The molecule has 0 bridgehead atoms. The number of rotatable bonds is 4. The highest BCUT2D eigenvalue weighted by atomic mass is 79.9. The molecule has 2 heterocycles. The maximum atomic E-state index is 12.3. The summed E-state index contributed by atoms with van der Waals surface area (Å²) in [5.74, 6) is 0.717. The van der Waals surface area contributed by atoms with Crippen LogP contribution in [0.3, 0.4) is 0 Å². The Kier molecular flexibility index (Phi) is 4.80. The Morgan fingerprint density at radius 1 is 1.29 bits per heavy atom. The highest BCUT2D eigenvalue weighted by Gasteiger charge is 2.22.